The van der Waals surface area contributed by atoms with E-state index in [0.717, 1.165) is 5.56 Å². The molecule has 3 nitrogen and oxygen atoms in total. The van der Waals surface area contributed by atoms with Crippen molar-refractivity contribution in [1.29, 1.82) is 0 Å². The average Bonchev–Trinajstić information content (AvgIpc) is 2.30. The topological polar surface area (TPSA) is 40.5 Å². The van der Waals surface area contributed by atoms with E-state index in [1.807, 2.05) is 27.7 Å². The molecule has 0 amide bonds. The lowest BCUT2D eigenvalue weighted by atomic mass is 9.98. The molecule has 1 N–H and O–H groups in total. The molecule has 0 bridgehead atoms. The fourth-order valence-corrected chi connectivity index (χ4v) is 2.47. The van der Waals surface area contributed by atoms with Gasteiger partial charge in [0.2, 0.25) is 0 Å². The number of carboxylic acids is 1. The summed E-state index contributed by atoms with van der Waals surface area (Å²) in [4.78, 5) is 12.9. The van der Waals surface area contributed by atoms with Crippen LogP contribution in [-0.2, 0) is 4.79 Å². The summed E-state index contributed by atoms with van der Waals surface area (Å²) in [5.41, 5.74) is 0.673. The zero-order chi connectivity index (χ0) is 15.5. The van der Waals surface area contributed by atoms with Crippen molar-refractivity contribution in [2.45, 2.75) is 45.7 Å². The third kappa shape index (κ3) is 4.46. The average molecular weight is 302 g/mol. The summed E-state index contributed by atoms with van der Waals surface area (Å²) in [5.74, 6) is -1.28. The number of carboxylic acid groups (broad SMARTS) is 1. The van der Waals surface area contributed by atoms with E-state index in [1.54, 1.807) is 12.1 Å². The van der Waals surface area contributed by atoms with E-state index in [9.17, 15) is 9.18 Å². The summed E-state index contributed by atoms with van der Waals surface area (Å²) in [5, 5.41) is 8.95. The molecule has 0 aromatic heterocycles. The summed E-state index contributed by atoms with van der Waals surface area (Å²) >= 11 is 5.82. The molecule has 5 heteroatoms. The molecule has 0 aliphatic heterocycles. The van der Waals surface area contributed by atoms with Crippen LogP contribution in [0.5, 0.6) is 0 Å². The van der Waals surface area contributed by atoms with Crippen LogP contribution in [0.3, 0.4) is 0 Å². The van der Waals surface area contributed by atoms with Crippen LogP contribution in [0.25, 0.3) is 0 Å². The molecule has 112 valence electrons. The van der Waals surface area contributed by atoms with Crippen molar-refractivity contribution in [2.75, 3.05) is 6.54 Å². The Hall–Kier alpha value is -1.13. The number of halogens is 2. The molecule has 0 heterocycles. The van der Waals surface area contributed by atoms with Crippen LogP contribution in [-0.4, -0.2) is 28.1 Å². The fraction of sp³-hybridized carbons (Fsp3) is 0.533. The zero-order valence-corrected chi connectivity index (χ0v) is 13.0. The van der Waals surface area contributed by atoms with Crippen LogP contribution < -0.4 is 0 Å². The molecule has 0 saturated heterocycles. The second-order valence-electron chi connectivity index (χ2n) is 5.86. The lowest BCUT2D eigenvalue weighted by molar-refractivity contribution is -0.137. The summed E-state index contributed by atoms with van der Waals surface area (Å²) in [6.45, 7) is 8.47. The van der Waals surface area contributed by atoms with Crippen LogP contribution >= 0.6 is 11.6 Å². The highest BCUT2D eigenvalue weighted by molar-refractivity contribution is 6.30. The van der Waals surface area contributed by atoms with Gasteiger partial charge in [-0.1, -0.05) is 17.7 Å². The predicted molar refractivity (Wildman–Crippen MR) is 78.5 cm³/mol. The van der Waals surface area contributed by atoms with Gasteiger partial charge in [-0.25, -0.2) is 4.39 Å². The molecule has 0 saturated carbocycles. The van der Waals surface area contributed by atoms with Gasteiger partial charge >= 0.3 is 5.97 Å². The summed E-state index contributed by atoms with van der Waals surface area (Å²) < 4.78 is 13.2. The quantitative estimate of drug-likeness (QED) is 0.889. The molecule has 0 fully saturated rings. The maximum absolute atomic E-state index is 13.2. The molecule has 0 radical (unpaired) electrons. The molecule has 1 atom stereocenters. The van der Waals surface area contributed by atoms with E-state index in [1.165, 1.54) is 6.07 Å². The van der Waals surface area contributed by atoms with Gasteiger partial charge in [0.1, 0.15) is 5.82 Å². The number of benzene rings is 1. The Morgan fingerprint density at radius 2 is 2.05 bits per heavy atom. The Kier molecular flexibility index (Phi) is 5.54. The zero-order valence-electron chi connectivity index (χ0n) is 12.3. The lowest BCUT2D eigenvalue weighted by Gasteiger charge is -2.40. The third-order valence-corrected chi connectivity index (χ3v) is 3.61. The summed E-state index contributed by atoms with van der Waals surface area (Å²) in [6, 6.07) is 4.58. The lowest BCUT2D eigenvalue weighted by Crippen LogP contribution is -2.44. The molecule has 1 rings (SSSR count). The van der Waals surface area contributed by atoms with E-state index in [2.05, 4.69) is 4.90 Å². The molecule has 0 aliphatic rings. The molecule has 0 aliphatic carbocycles. The highest BCUT2D eigenvalue weighted by Gasteiger charge is 2.27. The van der Waals surface area contributed by atoms with Crippen LogP contribution in [0.4, 0.5) is 4.39 Å². The van der Waals surface area contributed by atoms with E-state index >= 15 is 0 Å². The highest BCUT2D eigenvalue weighted by Crippen LogP contribution is 2.30. The number of nitrogens with zero attached hydrogens (tertiary/aromatic N) is 1. The first kappa shape index (κ1) is 16.9. The van der Waals surface area contributed by atoms with Crippen molar-refractivity contribution in [3.8, 4) is 0 Å². The number of hydrogen-bond donors (Lipinski definition) is 1. The van der Waals surface area contributed by atoms with Crippen molar-refractivity contribution in [3.05, 3.63) is 34.6 Å². The van der Waals surface area contributed by atoms with Gasteiger partial charge in [0.05, 0.1) is 11.4 Å². The van der Waals surface area contributed by atoms with Crippen molar-refractivity contribution in [2.24, 2.45) is 0 Å². The molecule has 1 unspecified atom stereocenters. The fourth-order valence-electron chi connectivity index (χ4n) is 2.28. The van der Waals surface area contributed by atoms with E-state index in [0.29, 0.717) is 6.54 Å². The Morgan fingerprint density at radius 1 is 1.45 bits per heavy atom. The van der Waals surface area contributed by atoms with Crippen LogP contribution in [0.2, 0.25) is 5.02 Å². The summed E-state index contributed by atoms with van der Waals surface area (Å²) in [6.07, 6.45) is 0.0660. The van der Waals surface area contributed by atoms with Gasteiger partial charge in [-0.3, -0.25) is 9.69 Å². The van der Waals surface area contributed by atoms with E-state index in [4.69, 9.17) is 16.7 Å². The van der Waals surface area contributed by atoms with Crippen molar-refractivity contribution in [1.82, 2.24) is 4.90 Å². The number of aliphatic carboxylic acids is 1. The minimum Gasteiger partial charge on any atom is -0.481 e. The number of rotatable bonds is 5. The van der Waals surface area contributed by atoms with Crippen molar-refractivity contribution < 1.29 is 14.3 Å². The predicted octanol–water partition coefficient (Wildman–Crippen LogP) is 4.12. The molecule has 20 heavy (non-hydrogen) atoms. The highest BCUT2D eigenvalue weighted by atomic mass is 35.5. The van der Waals surface area contributed by atoms with Gasteiger partial charge in [-0.2, -0.15) is 0 Å². The van der Waals surface area contributed by atoms with Gasteiger partial charge in [-0.05, 0) is 45.4 Å². The van der Waals surface area contributed by atoms with Crippen molar-refractivity contribution >= 4 is 17.6 Å². The van der Waals surface area contributed by atoms with E-state index < -0.39 is 11.8 Å². The SMILES string of the molecule is CC(c1ccc(F)c(Cl)c1)N(CCC(=O)O)C(C)(C)C. The van der Waals surface area contributed by atoms with Gasteiger partial charge < -0.3 is 5.11 Å². The Balaban J connectivity index is 3.00. The minimum absolute atomic E-state index is 0.0487. The summed E-state index contributed by atoms with van der Waals surface area (Å²) in [7, 11) is 0. The maximum Gasteiger partial charge on any atom is 0.304 e. The Morgan fingerprint density at radius 3 is 2.50 bits per heavy atom. The second kappa shape index (κ2) is 6.55. The number of carbonyl (C=O) groups is 1. The maximum atomic E-state index is 13.2. The van der Waals surface area contributed by atoms with E-state index in [-0.39, 0.29) is 23.0 Å². The smallest absolute Gasteiger partial charge is 0.304 e. The Bertz CT molecular complexity index is 485. The normalized spacial score (nSPS) is 13.6. The standard InChI is InChI=1S/C15H21ClFNO2/c1-10(11-5-6-13(17)12(16)9-11)18(15(2,3)4)8-7-14(19)20/h5-6,9-10H,7-8H2,1-4H3,(H,19,20). The molecule has 1 aromatic rings. The minimum atomic E-state index is -0.830. The molecule has 0 spiro atoms. The van der Waals surface area contributed by atoms with Crippen LogP contribution in [0.1, 0.15) is 45.7 Å². The van der Waals surface area contributed by atoms with Crippen molar-refractivity contribution in [3.63, 3.8) is 0 Å². The first-order valence-corrected chi connectivity index (χ1v) is 6.94. The molecular formula is C15H21ClFNO2. The van der Waals surface area contributed by atoms with Crippen LogP contribution in [0, 0.1) is 5.82 Å². The monoisotopic (exact) mass is 301 g/mol. The molecule has 1 aromatic carbocycles. The van der Waals surface area contributed by atoms with Gasteiger partial charge in [0.25, 0.3) is 0 Å². The van der Waals surface area contributed by atoms with Gasteiger partial charge in [0.15, 0.2) is 0 Å². The third-order valence-electron chi connectivity index (χ3n) is 3.32. The van der Waals surface area contributed by atoms with Gasteiger partial charge in [0, 0.05) is 18.1 Å². The number of hydrogen-bond acceptors (Lipinski definition) is 2. The largest absolute Gasteiger partial charge is 0.481 e. The Labute approximate surface area is 124 Å². The van der Waals surface area contributed by atoms with Crippen LogP contribution in [0.15, 0.2) is 18.2 Å². The van der Waals surface area contributed by atoms with Gasteiger partial charge in [-0.15, -0.1) is 0 Å². The second-order valence-corrected chi connectivity index (χ2v) is 6.26. The first-order valence-electron chi connectivity index (χ1n) is 6.56. The molecular weight excluding hydrogens is 281 g/mol. The first-order chi connectivity index (χ1) is 9.12.